The van der Waals surface area contributed by atoms with E-state index in [0.717, 1.165) is 0 Å². The highest BCUT2D eigenvalue weighted by atomic mass is 16.8. The van der Waals surface area contributed by atoms with Crippen LogP contribution in [0, 0.1) is 0 Å². The summed E-state index contributed by atoms with van der Waals surface area (Å²) in [6.07, 6.45) is -49.4. The zero-order valence-corrected chi connectivity index (χ0v) is 53.7. The fourth-order valence-electron chi connectivity index (χ4n) is 13.1. The summed E-state index contributed by atoms with van der Waals surface area (Å²) in [5.74, 6) is 0. The van der Waals surface area contributed by atoms with Gasteiger partial charge in [-0.2, -0.15) is 0 Å². The molecule has 14 unspecified atom stereocenters. The SMILES string of the molecule is COC[C@@H]1OC2O[C@H]3[C@H](COC)OC(O[C@H]4[C@H](COC)OC(O[C@H]5[C@H](COC)OC(O[C@H]6[C@H](COC)OC(O[C@H]7[C@H](COC)OC(O[C@H]8[C@H](COC)OC(O[C@@H]1[C@@H](O)C2OC)C(OC)[C@@H]8O)C(OC)[C@@H]7O)C(OC)[C@@H]6O)C(OC)[C@@H]5O)C(OC)[C@@H]4O)C(OC)[C@@H]3O. The quantitative estimate of drug-likeness (QED) is 0.0562. The molecule has 35 atom stereocenters. The average Bonchev–Trinajstić information content (AvgIpc) is 0.842. The molecule has 14 bridgehead atoms. The maximum absolute atomic E-state index is 12.3. The Labute approximate surface area is 528 Å². The largest absolute Gasteiger partial charge is 0.387 e. The summed E-state index contributed by atoms with van der Waals surface area (Å²) in [6, 6.07) is 0. The third-order valence-electron chi connectivity index (χ3n) is 17.6. The summed E-state index contributed by atoms with van der Waals surface area (Å²) in [6.45, 7) is -1.59. The maximum atomic E-state index is 12.3. The van der Waals surface area contributed by atoms with E-state index in [9.17, 15) is 35.7 Å². The molecule has 21 aliphatic rings. The Balaban J connectivity index is 1.17. The minimum absolute atomic E-state index is 0.227. The molecule has 91 heavy (non-hydrogen) atoms. The van der Waals surface area contributed by atoms with Gasteiger partial charge < -0.3 is 168 Å². The second kappa shape index (κ2) is 35.4. The number of rotatable bonds is 21. The van der Waals surface area contributed by atoms with E-state index in [1.54, 1.807) is 0 Å². The standard InChI is InChI=1S/C56H98O35/c1-64-15-22-36-29(57)43(71-8)50(78-22)86-37-23(16-65-2)80-52(45(73-10)30(37)58)88-39-25(18-67-4)82-54(47(75-12)32(39)60)90-41-27(20-69-6)84-56(49(77-14)34(41)62)91-42-28(21-70-7)83-55(48(76-13)35(42)63)89-40-26(19-68-5)81-53(46(74-11)33(40)61)87-38-24(17-66-3)79-51(85-36)44(72-9)31(38)59/h22-63H,15-21H2,1-14H3/t22-,23-,24-,25-,26-,27-,28-,29+,30+,31+,32+,33+,34+,35+,36-,37-,38-,39-,40-,41-,42-,43?,44?,45?,46?,47?,48?,49?,50?,51?,52?,53?,54?,55?,56?/m0/s1. The first-order valence-corrected chi connectivity index (χ1v) is 30.0. The van der Waals surface area contributed by atoms with Crippen molar-refractivity contribution in [2.24, 2.45) is 0 Å². The van der Waals surface area contributed by atoms with Crippen molar-refractivity contribution in [2.75, 3.05) is 146 Å². The van der Waals surface area contributed by atoms with Crippen LogP contribution in [0.1, 0.15) is 0 Å². The van der Waals surface area contributed by atoms with Crippen LogP contribution in [-0.2, 0) is 133 Å². The van der Waals surface area contributed by atoms with E-state index in [4.69, 9.17) is 133 Å². The molecular weight excluding hydrogens is 1230 g/mol. The second-order valence-electron chi connectivity index (χ2n) is 23.0. The van der Waals surface area contributed by atoms with Crippen molar-refractivity contribution < 1.29 is 168 Å². The van der Waals surface area contributed by atoms with Gasteiger partial charge in [0.1, 0.15) is 171 Å². The first-order valence-electron chi connectivity index (χ1n) is 30.0. The van der Waals surface area contributed by atoms with E-state index >= 15 is 0 Å². The van der Waals surface area contributed by atoms with Gasteiger partial charge >= 0.3 is 0 Å². The van der Waals surface area contributed by atoms with Crippen LogP contribution in [0.15, 0.2) is 0 Å². The van der Waals surface area contributed by atoms with Crippen molar-refractivity contribution in [3.8, 4) is 0 Å². The van der Waals surface area contributed by atoms with Crippen molar-refractivity contribution >= 4 is 0 Å². The van der Waals surface area contributed by atoms with Gasteiger partial charge in [-0.15, -0.1) is 0 Å². The number of aliphatic hydroxyl groups excluding tert-OH is 7. The average molecular weight is 1330 g/mol. The van der Waals surface area contributed by atoms with E-state index in [1.165, 1.54) is 99.5 Å². The summed E-state index contributed by atoms with van der Waals surface area (Å²) in [5.41, 5.74) is 0. The maximum Gasteiger partial charge on any atom is 0.187 e. The minimum atomic E-state index is -1.62. The Kier molecular flexibility index (Phi) is 29.3. The first kappa shape index (κ1) is 75.4. The van der Waals surface area contributed by atoms with Crippen LogP contribution in [0.3, 0.4) is 0 Å². The van der Waals surface area contributed by atoms with Crippen LogP contribution < -0.4 is 0 Å². The van der Waals surface area contributed by atoms with Crippen molar-refractivity contribution in [1.29, 1.82) is 0 Å². The van der Waals surface area contributed by atoms with Crippen molar-refractivity contribution in [3.05, 3.63) is 0 Å². The molecule has 0 saturated carbocycles. The molecule has 0 amide bonds. The Morgan fingerprint density at radius 2 is 0.297 bits per heavy atom. The smallest absolute Gasteiger partial charge is 0.187 e. The Morgan fingerprint density at radius 3 is 0.385 bits per heavy atom. The molecule has 21 heterocycles. The van der Waals surface area contributed by atoms with Gasteiger partial charge in [0.05, 0.1) is 46.2 Å². The molecular formula is C56H98O35. The van der Waals surface area contributed by atoms with Crippen molar-refractivity contribution in [1.82, 2.24) is 0 Å². The summed E-state index contributed by atoms with van der Waals surface area (Å²) >= 11 is 0. The second-order valence-corrected chi connectivity index (χ2v) is 23.0. The van der Waals surface area contributed by atoms with E-state index in [0.29, 0.717) is 0 Å². The fraction of sp³-hybridized carbons (Fsp3) is 1.00. The molecule has 35 nitrogen and oxygen atoms in total. The Bertz CT molecular complexity index is 1680. The van der Waals surface area contributed by atoms with Gasteiger partial charge in [0.25, 0.3) is 0 Å². The molecule has 0 aromatic heterocycles. The molecule has 0 radical (unpaired) electrons. The number of hydrogen-bond donors (Lipinski definition) is 7. The zero-order valence-electron chi connectivity index (χ0n) is 53.7. The Morgan fingerprint density at radius 1 is 0.187 bits per heavy atom. The van der Waals surface area contributed by atoms with E-state index < -0.39 is 215 Å². The van der Waals surface area contributed by atoms with E-state index in [1.807, 2.05) is 0 Å². The molecule has 21 fully saturated rings. The van der Waals surface area contributed by atoms with Gasteiger partial charge in [0.2, 0.25) is 0 Å². The highest BCUT2D eigenvalue weighted by Crippen LogP contribution is 2.41. The van der Waals surface area contributed by atoms with Gasteiger partial charge in [-0.25, -0.2) is 0 Å². The zero-order chi connectivity index (χ0) is 66.0. The predicted molar refractivity (Wildman–Crippen MR) is 295 cm³/mol. The van der Waals surface area contributed by atoms with Crippen molar-refractivity contribution in [3.63, 3.8) is 0 Å². The molecule has 0 spiro atoms. The topological polar surface area (TPSA) is 400 Å². The molecule has 21 aliphatic heterocycles. The highest BCUT2D eigenvalue weighted by Gasteiger charge is 2.61. The number of aliphatic hydroxyl groups is 7. The molecule has 21 saturated heterocycles. The monoisotopic (exact) mass is 1330 g/mol. The molecule has 0 aromatic carbocycles. The highest BCUT2D eigenvalue weighted by molar-refractivity contribution is 5.03. The first-order chi connectivity index (χ1) is 43.9. The summed E-state index contributed by atoms with van der Waals surface area (Å²) in [7, 11) is 18.7. The van der Waals surface area contributed by atoms with E-state index in [-0.39, 0.29) is 46.2 Å². The predicted octanol–water partition coefficient (Wildman–Crippen LogP) is -6.07. The van der Waals surface area contributed by atoms with Gasteiger partial charge in [-0.1, -0.05) is 0 Å². The van der Waals surface area contributed by atoms with Crippen LogP contribution in [0.4, 0.5) is 0 Å². The van der Waals surface area contributed by atoms with Gasteiger partial charge in [0.15, 0.2) is 44.0 Å². The van der Waals surface area contributed by atoms with Crippen LogP contribution in [-0.4, -0.2) is 396 Å². The van der Waals surface area contributed by atoms with Crippen molar-refractivity contribution in [2.45, 2.75) is 215 Å². The summed E-state index contributed by atoms with van der Waals surface area (Å²) in [5, 5.41) is 86.2. The summed E-state index contributed by atoms with van der Waals surface area (Å²) in [4.78, 5) is 0. The molecule has 7 N–H and O–H groups in total. The van der Waals surface area contributed by atoms with Crippen LogP contribution in [0.2, 0.25) is 0 Å². The lowest BCUT2D eigenvalue weighted by Crippen LogP contribution is -2.69. The van der Waals surface area contributed by atoms with Crippen LogP contribution in [0.5, 0.6) is 0 Å². The van der Waals surface area contributed by atoms with Gasteiger partial charge in [-0.3, -0.25) is 0 Å². The third kappa shape index (κ3) is 16.3. The normalized spacial score (nSPS) is 48.7. The van der Waals surface area contributed by atoms with E-state index in [2.05, 4.69) is 0 Å². The molecule has 532 valence electrons. The third-order valence-corrected chi connectivity index (χ3v) is 17.6. The minimum Gasteiger partial charge on any atom is -0.387 e. The Hall–Kier alpha value is -1.40. The lowest BCUT2D eigenvalue weighted by molar-refractivity contribution is -0.400. The summed E-state index contributed by atoms with van der Waals surface area (Å²) < 4.78 is 171. The number of methoxy groups -OCH3 is 14. The molecule has 35 heteroatoms. The molecule has 21 rings (SSSR count). The van der Waals surface area contributed by atoms with Gasteiger partial charge in [-0.05, 0) is 0 Å². The fourth-order valence-corrected chi connectivity index (χ4v) is 13.1. The van der Waals surface area contributed by atoms with Crippen LogP contribution >= 0.6 is 0 Å². The van der Waals surface area contributed by atoms with Crippen LogP contribution in [0.25, 0.3) is 0 Å². The molecule has 0 aromatic rings. The lowest BCUT2D eigenvalue weighted by Gasteiger charge is -2.51. The van der Waals surface area contributed by atoms with Gasteiger partial charge in [0, 0.05) is 99.5 Å². The number of ether oxygens (including phenoxy) is 28. The lowest BCUT2D eigenvalue weighted by atomic mass is 9.95. The number of hydrogen-bond acceptors (Lipinski definition) is 35. The molecule has 0 aliphatic carbocycles.